The van der Waals surface area contributed by atoms with E-state index in [1.165, 1.54) is 0 Å². The van der Waals surface area contributed by atoms with Crippen LogP contribution in [-0.4, -0.2) is 39.0 Å². The fourth-order valence-electron chi connectivity index (χ4n) is 3.16. The molecule has 2 heterocycles. The van der Waals surface area contributed by atoms with Crippen molar-refractivity contribution < 1.29 is 22.7 Å². The van der Waals surface area contributed by atoms with Crippen molar-refractivity contribution in [2.45, 2.75) is 26.3 Å². The second-order valence-electron chi connectivity index (χ2n) is 6.73. The second-order valence-corrected chi connectivity index (χ2v) is 8.96. The van der Waals surface area contributed by atoms with Gasteiger partial charge in [-0.05, 0) is 30.0 Å². The summed E-state index contributed by atoms with van der Waals surface area (Å²) in [4.78, 5) is 12.5. The number of hydrogen-bond acceptors (Lipinski definition) is 5. The molecule has 1 amide bonds. The maximum absolute atomic E-state index is 12.5. The smallest absolute Gasteiger partial charge is 0.224 e. The molecule has 2 aliphatic rings. The summed E-state index contributed by atoms with van der Waals surface area (Å²) in [6, 6.07) is 5.47. The lowest BCUT2D eigenvalue weighted by atomic mass is 9.94. The average molecular weight is 353 g/mol. The SMILES string of the molecule is CC(C)[C@H](NC(=O)[C@H]1CCS(=O)(=O)C1)c1ccc2c(c1)OCCO2. The number of carbonyl (C=O) groups excluding carboxylic acids is 1. The minimum Gasteiger partial charge on any atom is -0.486 e. The maximum atomic E-state index is 12.5. The van der Waals surface area contributed by atoms with Crippen molar-refractivity contribution in [3.63, 3.8) is 0 Å². The van der Waals surface area contributed by atoms with Gasteiger partial charge >= 0.3 is 0 Å². The monoisotopic (exact) mass is 353 g/mol. The molecule has 0 aromatic heterocycles. The molecule has 7 heteroatoms. The van der Waals surface area contributed by atoms with E-state index in [2.05, 4.69) is 5.32 Å². The number of nitrogens with one attached hydrogen (secondary N) is 1. The van der Waals surface area contributed by atoms with Gasteiger partial charge in [-0.15, -0.1) is 0 Å². The van der Waals surface area contributed by atoms with Crippen LogP contribution >= 0.6 is 0 Å². The number of carbonyl (C=O) groups is 1. The van der Waals surface area contributed by atoms with Gasteiger partial charge < -0.3 is 14.8 Å². The fourth-order valence-corrected chi connectivity index (χ4v) is 4.90. The highest BCUT2D eigenvalue weighted by atomic mass is 32.2. The van der Waals surface area contributed by atoms with Crippen LogP contribution in [0.4, 0.5) is 0 Å². The number of rotatable bonds is 4. The van der Waals surface area contributed by atoms with Crippen LogP contribution in [0.15, 0.2) is 18.2 Å². The molecule has 1 fully saturated rings. The van der Waals surface area contributed by atoms with Gasteiger partial charge in [0.15, 0.2) is 21.3 Å². The lowest BCUT2D eigenvalue weighted by Gasteiger charge is -2.26. The highest BCUT2D eigenvalue weighted by Gasteiger charge is 2.34. The molecule has 0 bridgehead atoms. The third-order valence-electron chi connectivity index (χ3n) is 4.49. The molecule has 1 aromatic rings. The number of benzene rings is 1. The van der Waals surface area contributed by atoms with Gasteiger partial charge in [-0.1, -0.05) is 19.9 Å². The van der Waals surface area contributed by atoms with Crippen LogP contribution in [0.2, 0.25) is 0 Å². The molecule has 0 aliphatic carbocycles. The Morgan fingerprint density at radius 3 is 2.54 bits per heavy atom. The Hall–Kier alpha value is -1.76. The van der Waals surface area contributed by atoms with Crippen molar-refractivity contribution in [2.24, 2.45) is 11.8 Å². The van der Waals surface area contributed by atoms with Gasteiger partial charge in [-0.3, -0.25) is 4.79 Å². The Labute approximate surface area is 142 Å². The number of sulfone groups is 1. The predicted molar refractivity (Wildman–Crippen MR) is 89.9 cm³/mol. The van der Waals surface area contributed by atoms with Gasteiger partial charge in [0.05, 0.1) is 23.5 Å². The summed E-state index contributed by atoms with van der Waals surface area (Å²) >= 11 is 0. The summed E-state index contributed by atoms with van der Waals surface area (Å²) in [5.41, 5.74) is 0.934. The minimum absolute atomic E-state index is 0.0508. The van der Waals surface area contributed by atoms with E-state index in [1.807, 2.05) is 32.0 Å². The summed E-state index contributed by atoms with van der Waals surface area (Å²) in [7, 11) is -3.07. The summed E-state index contributed by atoms with van der Waals surface area (Å²) in [6.07, 6.45) is 0.403. The molecule has 1 saturated heterocycles. The standard InChI is InChI=1S/C17H23NO5S/c1-11(2)16(18-17(19)13-5-8-24(20,21)10-13)12-3-4-14-15(9-12)23-7-6-22-14/h3-4,9,11,13,16H,5-8,10H2,1-2H3,(H,18,19)/t13-,16-/m0/s1. The Morgan fingerprint density at radius 1 is 1.21 bits per heavy atom. The molecule has 0 unspecified atom stereocenters. The van der Waals surface area contributed by atoms with Crippen LogP contribution in [-0.2, 0) is 14.6 Å². The fraction of sp³-hybridized carbons (Fsp3) is 0.588. The average Bonchev–Trinajstić information content (AvgIpc) is 2.92. The van der Waals surface area contributed by atoms with E-state index in [0.29, 0.717) is 31.1 Å². The first-order chi connectivity index (χ1) is 11.4. The molecule has 3 rings (SSSR count). The molecule has 2 atom stereocenters. The number of ether oxygens (including phenoxy) is 2. The highest BCUT2D eigenvalue weighted by molar-refractivity contribution is 7.91. The third-order valence-corrected chi connectivity index (χ3v) is 6.26. The molecule has 0 radical (unpaired) electrons. The largest absolute Gasteiger partial charge is 0.486 e. The molecule has 0 saturated carbocycles. The Kier molecular flexibility index (Phi) is 4.71. The number of fused-ring (bicyclic) bond motifs is 1. The quantitative estimate of drug-likeness (QED) is 0.891. The molecule has 2 aliphatic heterocycles. The van der Waals surface area contributed by atoms with E-state index in [-0.39, 0.29) is 29.4 Å². The zero-order valence-corrected chi connectivity index (χ0v) is 14.8. The molecular weight excluding hydrogens is 330 g/mol. The van der Waals surface area contributed by atoms with Gasteiger partial charge in [0.2, 0.25) is 5.91 Å². The second kappa shape index (κ2) is 6.63. The van der Waals surface area contributed by atoms with Gasteiger partial charge in [0, 0.05) is 0 Å². The van der Waals surface area contributed by atoms with Crippen LogP contribution in [0, 0.1) is 11.8 Å². The summed E-state index contributed by atoms with van der Waals surface area (Å²) < 4.78 is 34.3. The van der Waals surface area contributed by atoms with Crippen LogP contribution in [0.5, 0.6) is 11.5 Å². The van der Waals surface area contributed by atoms with Crippen LogP contribution in [0.25, 0.3) is 0 Å². The summed E-state index contributed by atoms with van der Waals surface area (Å²) in [6.45, 7) is 5.09. The highest BCUT2D eigenvalue weighted by Crippen LogP contribution is 2.34. The van der Waals surface area contributed by atoms with E-state index in [4.69, 9.17) is 9.47 Å². The first-order valence-electron chi connectivity index (χ1n) is 8.26. The van der Waals surface area contributed by atoms with E-state index in [9.17, 15) is 13.2 Å². The van der Waals surface area contributed by atoms with Crippen molar-refractivity contribution in [3.8, 4) is 11.5 Å². The first kappa shape index (κ1) is 17.1. The Bertz CT molecular complexity index is 728. The molecular formula is C17H23NO5S. The topological polar surface area (TPSA) is 81.7 Å². The molecule has 24 heavy (non-hydrogen) atoms. The van der Waals surface area contributed by atoms with Crippen molar-refractivity contribution in [1.29, 1.82) is 0 Å². The van der Waals surface area contributed by atoms with E-state index >= 15 is 0 Å². The number of amides is 1. The molecule has 0 spiro atoms. The van der Waals surface area contributed by atoms with Gasteiger partial charge in [-0.25, -0.2) is 8.42 Å². The summed E-state index contributed by atoms with van der Waals surface area (Å²) in [5.74, 6) is 0.960. The van der Waals surface area contributed by atoms with Crippen molar-refractivity contribution in [2.75, 3.05) is 24.7 Å². The van der Waals surface area contributed by atoms with Gasteiger partial charge in [-0.2, -0.15) is 0 Å². The Balaban J connectivity index is 1.76. The molecule has 6 nitrogen and oxygen atoms in total. The van der Waals surface area contributed by atoms with Crippen LogP contribution in [0.1, 0.15) is 31.9 Å². The molecule has 1 aromatic carbocycles. The Morgan fingerprint density at radius 2 is 1.92 bits per heavy atom. The van der Waals surface area contributed by atoms with Gasteiger partial charge in [0.25, 0.3) is 0 Å². The van der Waals surface area contributed by atoms with Crippen LogP contribution < -0.4 is 14.8 Å². The molecule has 132 valence electrons. The zero-order chi connectivity index (χ0) is 17.3. The van der Waals surface area contributed by atoms with E-state index in [1.54, 1.807) is 0 Å². The van der Waals surface area contributed by atoms with Gasteiger partial charge in [0.1, 0.15) is 13.2 Å². The third kappa shape index (κ3) is 3.66. The maximum Gasteiger partial charge on any atom is 0.224 e. The van der Waals surface area contributed by atoms with Crippen molar-refractivity contribution in [1.82, 2.24) is 5.32 Å². The first-order valence-corrected chi connectivity index (χ1v) is 10.1. The lowest BCUT2D eigenvalue weighted by Crippen LogP contribution is -2.36. The predicted octanol–water partition coefficient (Wildman–Crippen LogP) is 1.71. The number of hydrogen-bond donors (Lipinski definition) is 1. The normalized spacial score (nSPS) is 23.0. The van der Waals surface area contributed by atoms with Crippen LogP contribution in [0.3, 0.4) is 0 Å². The minimum atomic E-state index is -3.07. The van der Waals surface area contributed by atoms with Crippen molar-refractivity contribution >= 4 is 15.7 Å². The lowest BCUT2D eigenvalue weighted by molar-refractivity contribution is -0.125. The van der Waals surface area contributed by atoms with E-state index in [0.717, 1.165) is 5.56 Å². The zero-order valence-electron chi connectivity index (χ0n) is 13.9. The van der Waals surface area contributed by atoms with E-state index < -0.39 is 15.8 Å². The van der Waals surface area contributed by atoms with Crippen molar-refractivity contribution in [3.05, 3.63) is 23.8 Å². The summed E-state index contributed by atoms with van der Waals surface area (Å²) in [5, 5.41) is 3.02. The molecule has 1 N–H and O–H groups in total.